The zero-order chi connectivity index (χ0) is 12.3. The molecule has 0 spiro atoms. The molecule has 1 unspecified atom stereocenters. The van der Waals surface area contributed by atoms with E-state index in [9.17, 15) is 8.78 Å². The lowest BCUT2D eigenvalue weighted by molar-refractivity contribution is 0.578. The summed E-state index contributed by atoms with van der Waals surface area (Å²) < 4.78 is 26.6. The minimum absolute atomic E-state index is 0.0629. The third-order valence-electron chi connectivity index (χ3n) is 2.69. The van der Waals surface area contributed by atoms with Crippen LogP contribution >= 0.6 is 11.8 Å². The van der Waals surface area contributed by atoms with Crippen molar-refractivity contribution in [1.29, 1.82) is 0 Å². The van der Waals surface area contributed by atoms with E-state index in [2.05, 4.69) is 15.6 Å². The summed E-state index contributed by atoms with van der Waals surface area (Å²) in [5.74, 6) is 0.0134. The predicted octanol–water partition coefficient (Wildman–Crippen LogP) is 2.71. The summed E-state index contributed by atoms with van der Waals surface area (Å²) in [4.78, 5) is 3.87. The zero-order valence-corrected chi connectivity index (χ0v) is 10.4. The molecule has 2 N–H and O–H groups in total. The Kier molecular flexibility index (Phi) is 4.04. The van der Waals surface area contributed by atoms with E-state index in [1.165, 1.54) is 6.42 Å². The maximum atomic E-state index is 13.4. The molecule has 2 rings (SSSR count). The zero-order valence-electron chi connectivity index (χ0n) is 9.59. The number of halogens is 2. The molecule has 0 amide bonds. The van der Waals surface area contributed by atoms with E-state index in [4.69, 9.17) is 0 Å². The number of nitrogens with zero attached hydrogens (tertiary/aromatic N) is 1. The van der Waals surface area contributed by atoms with Crippen molar-refractivity contribution in [1.82, 2.24) is 4.98 Å². The molecule has 94 valence electrons. The molecule has 17 heavy (non-hydrogen) atoms. The van der Waals surface area contributed by atoms with E-state index in [0.717, 1.165) is 18.2 Å². The first kappa shape index (κ1) is 12.4. The molecule has 0 saturated carbocycles. The highest BCUT2D eigenvalue weighted by Crippen LogP contribution is 2.26. The highest BCUT2D eigenvalue weighted by Gasteiger charge is 2.17. The summed E-state index contributed by atoms with van der Waals surface area (Å²) >= 11 is 1.88. The number of anilines is 2. The van der Waals surface area contributed by atoms with Crippen molar-refractivity contribution in [2.24, 2.45) is 0 Å². The molecule has 1 aromatic rings. The highest BCUT2D eigenvalue weighted by atomic mass is 32.2. The average molecular weight is 259 g/mol. The molecule has 1 aliphatic rings. The van der Waals surface area contributed by atoms with Gasteiger partial charge in [-0.3, -0.25) is 0 Å². The van der Waals surface area contributed by atoms with E-state index >= 15 is 0 Å². The lowest BCUT2D eigenvalue weighted by Crippen LogP contribution is -2.16. The summed E-state index contributed by atoms with van der Waals surface area (Å²) in [6.45, 7) is 0.670. The van der Waals surface area contributed by atoms with Gasteiger partial charge < -0.3 is 10.6 Å². The molecule has 3 nitrogen and oxygen atoms in total. The third kappa shape index (κ3) is 3.00. The van der Waals surface area contributed by atoms with Crippen LogP contribution in [0, 0.1) is 11.6 Å². The molecule has 0 radical (unpaired) electrons. The molecule has 0 aromatic carbocycles. The molecule has 1 aliphatic heterocycles. The van der Waals surface area contributed by atoms with Gasteiger partial charge in [-0.25, -0.2) is 13.8 Å². The second kappa shape index (κ2) is 5.53. The Hall–Kier alpha value is -1.04. The topological polar surface area (TPSA) is 37.0 Å². The van der Waals surface area contributed by atoms with Crippen molar-refractivity contribution >= 4 is 23.4 Å². The van der Waals surface area contributed by atoms with E-state index in [-0.39, 0.29) is 11.6 Å². The smallest absolute Gasteiger partial charge is 0.168 e. The van der Waals surface area contributed by atoms with Crippen molar-refractivity contribution in [3.8, 4) is 0 Å². The fourth-order valence-electron chi connectivity index (χ4n) is 1.78. The Bertz CT molecular complexity index is 395. The number of thioether (sulfide) groups is 1. The maximum absolute atomic E-state index is 13.4. The Morgan fingerprint density at radius 1 is 1.41 bits per heavy atom. The summed E-state index contributed by atoms with van der Waals surface area (Å²) in [6, 6.07) is 0.850. The molecule has 1 saturated heterocycles. The summed E-state index contributed by atoms with van der Waals surface area (Å²) in [5.41, 5.74) is 0. The van der Waals surface area contributed by atoms with Gasteiger partial charge in [-0.15, -0.1) is 0 Å². The summed E-state index contributed by atoms with van der Waals surface area (Å²) in [6.07, 6.45) is 2.34. The van der Waals surface area contributed by atoms with Crippen molar-refractivity contribution in [2.45, 2.75) is 18.1 Å². The minimum Gasteiger partial charge on any atom is -0.371 e. The Labute approximate surface area is 103 Å². The first-order valence-corrected chi connectivity index (χ1v) is 6.65. The van der Waals surface area contributed by atoms with Gasteiger partial charge in [0.15, 0.2) is 23.3 Å². The standard InChI is InChI=1S/C11H15F2N3S/c1-14-10-8(12)5-9(13)11(16-10)15-6-7-3-2-4-17-7/h5,7H,2-4,6H2,1H3,(H2,14,15,16). The van der Waals surface area contributed by atoms with E-state index in [0.29, 0.717) is 11.8 Å². The van der Waals surface area contributed by atoms with Gasteiger partial charge in [-0.1, -0.05) is 0 Å². The number of aromatic nitrogens is 1. The fraction of sp³-hybridized carbons (Fsp3) is 0.545. The van der Waals surface area contributed by atoms with Gasteiger partial charge in [0.2, 0.25) is 0 Å². The predicted molar refractivity (Wildman–Crippen MR) is 67.7 cm³/mol. The van der Waals surface area contributed by atoms with Crippen LogP contribution in [0.25, 0.3) is 0 Å². The van der Waals surface area contributed by atoms with E-state index < -0.39 is 11.6 Å². The van der Waals surface area contributed by atoms with Crippen LogP contribution in [0.2, 0.25) is 0 Å². The van der Waals surface area contributed by atoms with E-state index in [1.54, 1.807) is 7.05 Å². The third-order valence-corrected chi connectivity index (χ3v) is 4.09. The fourth-order valence-corrected chi connectivity index (χ4v) is 2.98. The van der Waals surface area contributed by atoms with Crippen LogP contribution in [-0.4, -0.2) is 29.6 Å². The second-order valence-corrected chi connectivity index (χ2v) is 5.32. The monoisotopic (exact) mass is 259 g/mol. The van der Waals surface area contributed by atoms with Crippen LogP contribution in [0.3, 0.4) is 0 Å². The number of rotatable bonds is 4. The Morgan fingerprint density at radius 2 is 2.18 bits per heavy atom. The van der Waals surface area contributed by atoms with Gasteiger partial charge in [0.1, 0.15) is 0 Å². The number of hydrogen-bond donors (Lipinski definition) is 2. The van der Waals surface area contributed by atoms with Gasteiger partial charge in [-0.2, -0.15) is 11.8 Å². The summed E-state index contributed by atoms with van der Waals surface area (Å²) in [7, 11) is 1.56. The van der Waals surface area contributed by atoms with Gasteiger partial charge in [0, 0.05) is 24.9 Å². The first-order valence-electron chi connectivity index (χ1n) is 5.60. The van der Waals surface area contributed by atoms with Crippen molar-refractivity contribution in [2.75, 3.05) is 30.0 Å². The van der Waals surface area contributed by atoms with Crippen LogP contribution < -0.4 is 10.6 Å². The quantitative estimate of drug-likeness (QED) is 0.871. The van der Waals surface area contributed by atoms with Crippen molar-refractivity contribution < 1.29 is 8.78 Å². The SMILES string of the molecule is CNc1nc(NCC2CCCS2)c(F)cc1F. The largest absolute Gasteiger partial charge is 0.371 e. The molecule has 0 bridgehead atoms. The maximum Gasteiger partial charge on any atom is 0.168 e. The van der Waals surface area contributed by atoms with Gasteiger partial charge in [0.25, 0.3) is 0 Å². The molecular weight excluding hydrogens is 244 g/mol. The Morgan fingerprint density at radius 3 is 2.82 bits per heavy atom. The van der Waals surface area contributed by atoms with Crippen LogP contribution in [0.1, 0.15) is 12.8 Å². The van der Waals surface area contributed by atoms with Crippen LogP contribution in [0.4, 0.5) is 20.4 Å². The molecule has 0 aliphatic carbocycles. The highest BCUT2D eigenvalue weighted by molar-refractivity contribution is 8.00. The second-order valence-electron chi connectivity index (χ2n) is 3.92. The van der Waals surface area contributed by atoms with Crippen LogP contribution in [0.15, 0.2) is 6.07 Å². The molecule has 1 aromatic heterocycles. The number of nitrogens with one attached hydrogen (secondary N) is 2. The van der Waals surface area contributed by atoms with Gasteiger partial charge in [0.05, 0.1) is 0 Å². The normalized spacial score (nSPS) is 19.4. The number of hydrogen-bond acceptors (Lipinski definition) is 4. The van der Waals surface area contributed by atoms with Crippen LogP contribution in [-0.2, 0) is 0 Å². The average Bonchev–Trinajstić information content (AvgIpc) is 2.81. The van der Waals surface area contributed by atoms with Gasteiger partial charge >= 0.3 is 0 Å². The van der Waals surface area contributed by atoms with Crippen molar-refractivity contribution in [3.05, 3.63) is 17.7 Å². The lowest BCUT2D eigenvalue weighted by atomic mass is 10.2. The lowest BCUT2D eigenvalue weighted by Gasteiger charge is -2.12. The molecular formula is C11H15F2N3S. The van der Waals surface area contributed by atoms with Gasteiger partial charge in [-0.05, 0) is 18.6 Å². The molecule has 1 fully saturated rings. The molecule has 2 heterocycles. The van der Waals surface area contributed by atoms with Crippen molar-refractivity contribution in [3.63, 3.8) is 0 Å². The Balaban J connectivity index is 2.03. The number of pyridine rings is 1. The molecule has 1 atom stereocenters. The minimum atomic E-state index is -0.675. The van der Waals surface area contributed by atoms with Crippen LogP contribution in [0.5, 0.6) is 0 Å². The van der Waals surface area contributed by atoms with E-state index in [1.807, 2.05) is 11.8 Å². The molecule has 6 heteroatoms. The first-order chi connectivity index (χ1) is 8.20. The summed E-state index contributed by atoms with van der Waals surface area (Å²) in [5, 5.41) is 6.04.